The third-order valence-electron chi connectivity index (χ3n) is 4.46. The summed E-state index contributed by atoms with van der Waals surface area (Å²) in [5, 5.41) is 3.45. The average molecular weight is 325 g/mol. The number of hydrogen-bond donors (Lipinski definition) is 1. The van der Waals surface area contributed by atoms with Gasteiger partial charge in [-0.05, 0) is 54.2 Å². The van der Waals surface area contributed by atoms with E-state index >= 15 is 0 Å². The molecule has 0 unspecified atom stereocenters. The molecule has 0 saturated carbocycles. The second kappa shape index (κ2) is 8.20. The number of nitrogens with one attached hydrogen (secondary N) is 1. The van der Waals surface area contributed by atoms with Gasteiger partial charge in [0.2, 0.25) is 0 Å². The molecule has 2 aromatic carbocycles. The fourth-order valence-corrected chi connectivity index (χ4v) is 2.86. The lowest BCUT2D eigenvalue weighted by molar-refractivity contribution is 0.0679. The molecule has 1 aliphatic heterocycles. The molecular weight excluding hydrogens is 298 g/mol. The van der Waals surface area contributed by atoms with Crippen molar-refractivity contribution in [3.8, 4) is 5.75 Å². The van der Waals surface area contributed by atoms with Crippen LogP contribution in [0.25, 0.3) is 0 Å². The predicted octanol–water partition coefficient (Wildman–Crippen LogP) is 4.98. The standard InChI is InChI=1S/C21H27NO2/c1-16(2)18-7-5-17(6-8-18)14-22-19-9-11-20(12-10-19)24-15-21-4-3-13-23-21/h5-12,16,21-22H,3-4,13-15H2,1-2H3/t21-/m0/s1. The van der Waals surface area contributed by atoms with E-state index in [9.17, 15) is 0 Å². The van der Waals surface area contributed by atoms with E-state index < -0.39 is 0 Å². The summed E-state index contributed by atoms with van der Waals surface area (Å²) in [5.74, 6) is 1.48. The van der Waals surface area contributed by atoms with Gasteiger partial charge in [-0.25, -0.2) is 0 Å². The van der Waals surface area contributed by atoms with Gasteiger partial charge in [0, 0.05) is 18.8 Å². The van der Waals surface area contributed by atoms with Crippen LogP contribution in [0.5, 0.6) is 5.75 Å². The van der Waals surface area contributed by atoms with Gasteiger partial charge in [-0.15, -0.1) is 0 Å². The third-order valence-corrected chi connectivity index (χ3v) is 4.46. The van der Waals surface area contributed by atoms with Crippen LogP contribution in [0, 0.1) is 0 Å². The number of hydrogen-bond acceptors (Lipinski definition) is 3. The van der Waals surface area contributed by atoms with Crippen LogP contribution in [-0.2, 0) is 11.3 Å². The van der Waals surface area contributed by atoms with Gasteiger partial charge in [0.1, 0.15) is 12.4 Å². The molecule has 0 amide bonds. The van der Waals surface area contributed by atoms with Crippen molar-refractivity contribution in [1.29, 1.82) is 0 Å². The summed E-state index contributed by atoms with van der Waals surface area (Å²) in [6.07, 6.45) is 2.51. The number of rotatable bonds is 7. The zero-order chi connectivity index (χ0) is 16.8. The highest BCUT2D eigenvalue weighted by Crippen LogP contribution is 2.19. The summed E-state index contributed by atoms with van der Waals surface area (Å²) in [6, 6.07) is 17.0. The lowest BCUT2D eigenvalue weighted by Crippen LogP contribution is -2.16. The first-order valence-electron chi connectivity index (χ1n) is 8.88. The van der Waals surface area contributed by atoms with Crippen molar-refractivity contribution < 1.29 is 9.47 Å². The zero-order valence-corrected chi connectivity index (χ0v) is 14.6. The maximum absolute atomic E-state index is 5.79. The van der Waals surface area contributed by atoms with Crippen molar-refractivity contribution in [3.63, 3.8) is 0 Å². The largest absolute Gasteiger partial charge is 0.491 e. The smallest absolute Gasteiger partial charge is 0.119 e. The Hall–Kier alpha value is -2.00. The van der Waals surface area contributed by atoms with Crippen molar-refractivity contribution in [1.82, 2.24) is 0 Å². The predicted molar refractivity (Wildman–Crippen MR) is 98.8 cm³/mol. The molecule has 0 aromatic heterocycles. The van der Waals surface area contributed by atoms with Gasteiger partial charge in [0.05, 0.1) is 6.10 Å². The molecule has 1 fully saturated rings. The summed E-state index contributed by atoms with van der Waals surface area (Å²) in [4.78, 5) is 0. The molecule has 1 N–H and O–H groups in total. The van der Waals surface area contributed by atoms with Gasteiger partial charge in [0.15, 0.2) is 0 Å². The molecule has 3 rings (SSSR count). The van der Waals surface area contributed by atoms with Gasteiger partial charge in [-0.1, -0.05) is 38.1 Å². The van der Waals surface area contributed by atoms with Crippen molar-refractivity contribution >= 4 is 5.69 Å². The van der Waals surface area contributed by atoms with E-state index in [0.29, 0.717) is 12.5 Å². The lowest BCUT2D eigenvalue weighted by atomic mass is 10.0. The van der Waals surface area contributed by atoms with Crippen LogP contribution in [0.2, 0.25) is 0 Å². The van der Waals surface area contributed by atoms with Crippen molar-refractivity contribution in [2.24, 2.45) is 0 Å². The number of anilines is 1. The maximum Gasteiger partial charge on any atom is 0.119 e. The Kier molecular flexibility index (Phi) is 5.76. The molecule has 1 aliphatic rings. The highest BCUT2D eigenvalue weighted by molar-refractivity contribution is 5.46. The lowest BCUT2D eigenvalue weighted by Gasteiger charge is -2.12. The first-order chi connectivity index (χ1) is 11.7. The molecule has 0 radical (unpaired) electrons. The monoisotopic (exact) mass is 325 g/mol. The third kappa shape index (κ3) is 4.75. The van der Waals surface area contributed by atoms with Gasteiger partial charge in [-0.2, -0.15) is 0 Å². The fraction of sp³-hybridized carbons (Fsp3) is 0.429. The van der Waals surface area contributed by atoms with Crippen LogP contribution in [0.1, 0.15) is 43.7 Å². The van der Waals surface area contributed by atoms with E-state index in [1.54, 1.807) is 0 Å². The highest BCUT2D eigenvalue weighted by atomic mass is 16.5. The Morgan fingerprint density at radius 1 is 1.08 bits per heavy atom. The Bertz CT molecular complexity index is 613. The highest BCUT2D eigenvalue weighted by Gasteiger charge is 2.15. The second-order valence-corrected chi connectivity index (χ2v) is 6.72. The number of ether oxygens (including phenoxy) is 2. The van der Waals surface area contributed by atoms with Gasteiger partial charge in [-0.3, -0.25) is 0 Å². The molecule has 3 heteroatoms. The van der Waals surface area contributed by atoms with Gasteiger partial charge in [0.25, 0.3) is 0 Å². The second-order valence-electron chi connectivity index (χ2n) is 6.72. The summed E-state index contributed by atoms with van der Waals surface area (Å²) >= 11 is 0. The minimum absolute atomic E-state index is 0.261. The first kappa shape index (κ1) is 16.8. The van der Waals surface area contributed by atoms with Crippen LogP contribution < -0.4 is 10.1 Å². The topological polar surface area (TPSA) is 30.5 Å². The zero-order valence-electron chi connectivity index (χ0n) is 14.6. The molecule has 0 spiro atoms. The SMILES string of the molecule is CC(C)c1ccc(CNc2ccc(OC[C@@H]3CCCO3)cc2)cc1. The normalized spacial score (nSPS) is 17.2. The van der Waals surface area contributed by atoms with Crippen molar-refractivity contribution in [2.75, 3.05) is 18.5 Å². The average Bonchev–Trinajstić information content (AvgIpc) is 3.13. The molecule has 1 saturated heterocycles. The van der Waals surface area contributed by atoms with E-state index in [4.69, 9.17) is 9.47 Å². The molecule has 1 atom stereocenters. The summed E-state index contributed by atoms with van der Waals surface area (Å²) in [6.45, 7) is 6.78. The minimum Gasteiger partial charge on any atom is -0.491 e. The Labute approximate surface area is 145 Å². The quantitative estimate of drug-likeness (QED) is 0.779. The molecule has 0 aliphatic carbocycles. The van der Waals surface area contributed by atoms with E-state index in [1.807, 2.05) is 12.1 Å². The van der Waals surface area contributed by atoms with Crippen LogP contribution in [0.15, 0.2) is 48.5 Å². The number of benzene rings is 2. The van der Waals surface area contributed by atoms with Crippen molar-refractivity contribution in [2.45, 2.75) is 45.3 Å². The van der Waals surface area contributed by atoms with Crippen LogP contribution in [0.4, 0.5) is 5.69 Å². The van der Waals surface area contributed by atoms with E-state index in [-0.39, 0.29) is 6.10 Å². The summed E-state index contributed by atoms with van der Waals surface area (Å²) in [5.41, 5.74) is 3.78. The van der Waals surface area contributed by atoms with Crippen LogP contribution in [0.3, 0.4) is 0 Å². The molecule has 1 heterocycles. The molecule has 2 aromatic rings. The Morgan fingerprint density at radius 2 is 1.83 bits per heavy atom. The van der Waals surface area contributed by atoms with E-state index in [2.05, 4.69) is 55.6 Å². The van der Waals surface area contributed by atoms with E-state index in [1.165, 1.54) is 11.1 Å². The molecule has 3 nitrogen and oxygen atoms in total. The maximum atomic E-state index is 5.79. The Morgan fingerprint density at radius 3 is 2.46 bits per heavy atom. The summed E-state index contributed by atoms with van der Waals surface area (Å²) in [7, 11) is 0. The minimum atomic E-state index is 0.261. The molecular formula is C21H27NO2. The van der Waals surface area contributed by atoms with Gasteiger partial charge >= 0.3 is 0 Å². The molecule has 128 valence electrons. The fourth-order valence-electron chi connectivity index (χ4n) is 2.86. The van der Waals surface area contributed by atoms with E-state index in [0.717, 1.165) is 37.4 Å². The van der Waals surface area contributed by atoms with Crippen LogP contribution in [-0.4, -0.2) is 19.3 Å². The van der Waals surface area contributed by atoms with Crippen molar-refractivity contribution in [3.05, 3.63) is 59.7 Å². The van der Waals surface area contributed by atoms with Gasteiger partial charge < -0.3 is 14.8 Å². The summed E-state index contributed by atoms with van der Waals surface area (Å²) < 4.78 is 11.4. The van der Waals surface area contributed by atoms with Crippen LogP contribution >= 0.6 is 0 Å². The molecule has 0 bridgehead atoms. The first-order valence-corrected chi connectivity index (χ1v) is 8.88. The molecule has 24 heavy (non-hydrogen) atoms. The Balaban J connectivity index is 1.46.